The molecule has 76 valence electrons. The first-order valence-corrected chi connectivity index (χ1v) is 5.61. The first-order chi connectivity index (χ1) is 6.36. The summed E-state index contributed by atoms with van der Waals surface area (Å²) < 4.78 is 22.0. The molecule has 0 unspecified atom stereocenters. The molecule has 1 heterocycles. The lowest BCUT2D eigenvalue weighted by molar-refractivity contribution is 0.112. The molecular weight excluding hydrogens is 230 g/mol. The molecule has 0 aromatic carbocycles. The number of hydrogen-bond acceptors (Lipinski definition) is 6. The lowest BCUT2D eigenvalue weighted by Gasteiger charge is -2.02. The lowest BCUT2D eigenvalue weighted by Crippen LogP contribution is -2.09. The summed E-state index contributed by atoms with van der Waals surface area (Å²) >= 11 is 5.51. The highest BCUT2D eigenvalue weighted by atomic mass is 35.5. The Kier molecular flexibility index (Phi) is 2.72. The van der Waals surface area contributed by atoms with Crippen LogP contribution in [0, 0.1) is 0 Å². The molecule has 0 spiro atoms. The van der Waals surface area contributed by atoms with Crippen molar-refractivity contribution in [2.24, 2.45) is 0 Å². The standard InChI is InChI=1S/C6H6ClN3O3S/c1-14(12,13)6-9-4(7)3(2-11)5(8)10-6/h2H,1H3,(H2,8,9,10). The summed E-state index contributed by atoms with van der Waals surface area (Å²) in [6, 6.07) is 0. The Morgan fingerprint density at radius 3 is 2.36 bits per heavy atom. The predicted molar refractivity (Wildman–Crippen MR) is 50.0 cm³/mol. The number of carbonyl (C=O) groups is 1. The summed E-state index contributed by atoms with van der Waals surface area (Å²) in [6.07, 6.45) is 1.28. The Balaban J connectivity index is 3.50. The Morgan fingerprint density at radius 2 is 2.00 bits per heavy atom. The first-order valence-electron chi connectivity index (χ1n) is 3.34. The van der Waals surface area contributed by atoms with Gasteiger partial charge in [0.15, 0.2) is 6.29 Å². The maximum atomic E-state index is 11.0. The molecule has 1 aromatic heterocycles. The van der Waals surface area contributed by atoms with Crippen LogP contribution in [0.1, 0.15) is 10.4 Å². The highest BCUT2D eigenvalue weighted by Gasteiger charge is 2.16. The average molecular weight is 236 g/mol. The van der Waals surface area contributed by atoms with E-state index in [0.717, 1.165) is 6.26 Å². The number of carbonyl (C=O) groups excluding carboxylic acids is 1. The van der Waals surface area contributed by atoms with Crippen molar-refractivity contribution >= 4 is 33.5 Å². The van der Waals surface area contributed by atoms with Crippen LogP contribution < -0.4 is 5.73 Å². The largest absolute Gasteiger partial charge is 0.383 e. The predicted octanol–water partition coefficient (Wildman–Crippen LogP) is -0.0718. The van der Waals surface area contributed by atoms with Gasteiger partial charge >= 0.3 is 0 Å². The van der Waals surface area contributed by atoms with Crippen molar-refractivity contribution in [1.29, 1.82) is 0 Å². The highest BCUT2D eigenvalue weighted by molar-refractivity contribution is 7.90. The molecule has 1 rings (SSSR count). The van der Waals surface area contributed by atoms with Gasteiger partial charge in [0.1, 0.15) is 11.0 Å². The monoisotopic (exact) mass is 235 g/mol. The van der Waals surface area contributed by atoms with Crippen LogP contribution in [0.4, 0.5) is 5.82 Å². The molecule has 2 N–H and O–H groups in total. The molecule has 0 bridgehead atoms. The number of rotatable bonds is 2. The van der Waals surface area contributed by atoms with Crippen LogP contribution in [-0.2, 0) is 9.84 Å². The van der Waals surface area contributed by atoms with Gasteiger partial charge in [-0.15, -0.1) is 0 Å². The second-order valence-corrected chi connectivity index (χ2v) is 4.75. The number of nitrogens with two attached hydrogens (primary N) is 1. The van der Waals surface area contributed by atoms with Gasteiger partial charge in [-0.1, -0.05) is 11.6 Å². The number of sulfone groups is 1. The minimum atomic E-state index is -3.58. The fourth-order valence-electron chi connectivity index (χ4n) is 0.713. The van der Waals surface area contributed by atoms with E-state index in [2.05, 4.69) is 9.97 Å². The van der Waals surface area contributed by atoms with E-state index in [-0.39, 0.29) is 16.5 Å². The molecule has 6 nitrogen and oxygen atoms in total. The third-order valence-electron chi connectivity index (χ3n) is 1.36. The number of aldehydes is 1. The van der Waals surface area contributed by atoms with Gasteiger partial charge < -0.3 is 5.73 Å². The second-order valence-electron chi connectivity index (χ2n) is 2.49. The normalized spacial score (nSPS) is 11.3. The molecule has 1 aromatic rings. The average Bonchev–Trinajstić information content (AvgIpc) is 2.01. The van der Waals surface area contributed by atoms with Gasteiger partial charge in [-0.05, 0) is 0 Å². The molecule has 0 atom stereocenters. The quantitative estimate of drug-likeness (QED) is 0.437. The molecule has 0 fully saturated rings. The summed E-state index contributed by atoms with van der Waals surface area (Å²) in [4.78, 5) is 17.3. The number of halogens is 1. The Labute approximate surface area is 85.0 Å². The number of nitrogen functional groups attached to an aromatic ring is 1. The third kappa shape index (κ3) is 1.99. The molecule has 0 saturated carbocycles. The van der Waals surface area contributed by atoms with Crippen molar-refractivity contribution in [3.8, 4) is 0 Å². The van der Waals surface area contributed by atoms with Crippen LogP contribution in [0.2, 0.25) is 5.15 Å². The van der Waals surface area contributed by atoms with Gasteiger partial charge in [0.2, 0.25) is 15.0 Å². The summed E-state index contributed by atoms with van der Waals surface area (Å²) in [5.41, 5.74) is 5.19. The van der Waals surface area contributed by atoms with E-state index < -0.39 is 15.0 Å². The van der Waals surface area contributed by atoms with E-state index in [9.17, 15) is 13.2 Å². The summed E-state index contributed by atoms with van der Waals surface area (Å²) in [5.74, 6) is -0.250. The van der Waals surface area contributed by atoms with E-state index in [0.29, 0.717) is 6.29 Å². The summed E-state index contributed by atoms with van der Waals surface area (Å²) in [7, 11) is -3.58. The van der Waals surface area contributed by atoms with Gasteiger partial charge in [-0.2, -0.15) is 0 Å². The molecular formula is C6H6ClN3O3S. The molecule has 0 aliphatic heterocycles. The maximum Gasteiger partial charge on any atom is 0.250 e. The fraction of sp³-hybridized carbons (Fsp3) is 0.167. The zero-order valence-corrected chi connectivity index (χ0v) is 8.63. The zero-order valence-electron chi connectivity index (χ0n) is 7.06. The van der Waals surface area contributed by atoms with Crippen molar-refractivity contribution in [3.05, 3.63) is 10.7 Å². The van der Waals surface area contributed by atoms with Crippen LogP contribution in [0.25, 0.3) is 0 Å². The van der Waals surface area contributed by atoms with E-state index in [1.807, 2.05) is 0 Å². The van der Waals surface area contributed by atoms with Crippen LogP contribution >= 0.6 is 11.6 Å². The molecule has 0 saturated heterocycles. The van der Waals surface area contributed by atoms with Crippen molar-refractivity contribution in [1.82, 2.24) is 9.97 Å². The number of nitrogens with zero attached hydrogens (tertiary/aromatic N) is 2. The van der Waals surface area contributed by atoms with E-state index in [1.54, 1.807) is 0 Å². The lowest BCUT2D eigenvalue weighted by atomic mass is 10.3. The van der Waals surface area contributed by atoms with E-state index in [4.69, 9.17) is 17.3 Å². The van der Waals surface area contributed by atoms with Gasteiger partial charge in [-0.25, -0.2) is 18.4 Å². The number of anilines is 1. The third-order valence-corrected chi connectivity index (χ3v) is 2.49. The molecule has 0 amide bonds. The minimum Gasteiger partial charge on any atom is -0.383 e. The van der Waals surface area contributed by atoms with Gasteiger partial charge in [0, 0.05) is 6.26 Å². The number of hydrogen-bond donors (Lipinski definition) is 1. The Hall–Kier alpha value is -1.21. The fourth-order valence-corrected chi connectivity index (χ4v) is 1.51. The maximum absolute atomic E-state index is 11.0. The zero-order chi connectivity index (χ0) is 10.9. The number of aromatic nitrogens is 2. The highest BCUT2D eigenvalue weighted by Crippen LogP contribution is 2.18. The topological polar surface area (TPSA) is 103 Å². The minimum absolute atomic E-state index is 0.112. The van der Waals surface area contributed by atoms with Crippen molar-refractivity contribution in [3.63, 3.8) is 0 Å². The molecule has 14 heavy (non-hydrogen) atoms. The van der Waals surface area contributed by atoms with Crippen LogP contribution in [0.3, 0.4) is 0 Å². The van der Waals surface area contributed by atoms with Crippen LogP contribution in [0.5, 0.6) is 0 Å². The smallest absolute Gasteiger partial charge is 0.250 e. The van der Waals surface area contributed by atoms with Crippen molar-refractivity contribution in [2.75, 3.05) is 12.0 Å². The molecule has 8 heteroatoms. The van der Waals surface area contributed by atoms with Crippen LogP contribution in [0.15, 0.2) is 5.16 Å². The van der Waals surface area contributed by atoms with E-state index >= 15 is 0 Å². The second kappa shape index (κ2) is 3.50. The first kappa shape index (κ1) is 10.9. The molecule has 0 aliphatic carbocycles. The van der Waals surface area contributed by atoms with Crippen molar-refractivity contribution < 1.29 is 13.2 Å². The van der Waals surface area contributed by atoms with Gasteiger partial charge in [-0.3, -0.25) is 4.79 Å². The van der Waals surface area contributed by atoms with Crippen LogP contribution in [-0.4, -0.2) is 30.9 Å². The Bertz CT molecular complexity index is 462. The molecule has 0 aliphatic rings. The SMILES string of the molecule is CS(=O)(=O)c1nc(N)c(C=O)c(Cl)n1. The molecule has 0 radical (unpaired) electrons. The van der Waals surface area contributed by atoms with Gasteiger partial charge in [0.25, 0.3) is 0 Å². The summed E-state index contributed by atoms with van der Waals surface area (Å²) in [5, 5.41) is -0.765. The van der Waals surface area contributed by atoms with Crippen molar-refractivity contribution in [2.45, 2.75) is 5.16 Å². The summed E-state index contributed by atoms with van der Waals surface area (Å²) in [6.45, 7) is 0. The van der Waals surface area contributed by atoms with E-state index in [1.165, 1.54) is 0 Å². The Morgan fingerprint density at radius 1 is 1.43 bits per heavy atom. The van der Waals surface area contributed by atoms with Gasteiger partial charge in [0.05, 0.1) is 5.56 Å².